The van der Waals surface area contributed by atoms with Crippen molar-refractivity contribution in [2.75, 3.05) is 6.61 Å². The van der Waals surface area contributed by atoms with Gasteiger partial charge in [0, 0.05) is 5.02 Å². The van der Waals surface area contributed by atoms with Crippen LogP contribution in [0.5, 0.6) is 0 Å². The van der Waals surface area contributed by atoms with E-state index in [2.05, 4.69) is 4.99 Å². The molecular weight excluding hydrogens is 298 g/mol. The highest BCUT2D eigenvalue weighted by molar-refractivity contribution is 6.36. The first kappa shape index (κ1) is 17.0. The number of ether oxygens (including phenoxy) is 1. The average Bonchev–Trinajstić information content (AvgIpc) is 2.22. The highest BCUT2D eigenvalue weighted by Crippen LogP contribution is 2.27. The molecule has 0 heterocycles. The van der Waals surface area contributed by atoms with Crippen LogP contribution in [0.3, 0.4) is 0 Å². The number of hydrogen-bond donors (Lipinski definition) is 1. The molecule has 2 N–H and O–H groups in total. The van der Waals surface area contributed by atoms with Crippen molar-refractivity contribution in [1.29, 1.82) is 0 Å². The van der Waals surface area contributed by atoms with E-state index in [0.29, 0.717) is 22.3 Å². The largest absolute Gasteiger partial charge is 0.466 e. The normalized spacial score (nSPS) is 10.7. The Kier molecular flexibility index (Phi) is 7.75. The van der Waals surface area contributed by atoms with Gasteiger partial charge in [-0.3, -0.25) is 4.79 Å². The molecule has 0 saturated heterocycles. The molecule has 0 unspecified atom stereocenters. The number of aliphatic imine (C=N–C) groups is 1. The van der Waals surface area contributed by atoms with E-state index in [1.807, 2.05) is 0 Å². The zero-order valence-electron chi connectivity index (χ0n) is 9.65. The molecule has 1 rings (SSSR count). The lowest BCUT2D eigenvalue weighted by molar-refractivity contribution is -0.141. The Bertz CT molecular complexity index is 450. The molecule has 1 aromatic carbocycles. The predicted octanol–water partition coefficient (Wildman–Crippen LogP) is 3.36. The summed E-state index contributed by atoms with van der Waals surface area (Å²) < 4.78 is 4.75. The third kappa shape index (κ3) is 5.58. The zero-order valence-corrected chi connectivity index (χ0v) is 12.0. The lowest BCUT2D eigenvalue weighted by Crippen LogP contribution is -2.18. The molecule has 100 valence electrons. The van der Waals surface area contributed by atoms with Crippen LogP contribution in [0.1, 0.15) is 13.3 Å². The maximum absolute atomic E-state index is 11.1. The average molecular weight is 312 g/mol. The smallest absolute Gasteiger partial charge is 0.313 e. The summed E-state index contributed by atoms with van der Waals surface area (Å²) in [5, 5.41) is 0.891. The number of nitrogens with zero attached hydrogens (tertiary/aromatic N) is 1. The first-order chi connectivity index (χ1) is 8.02. The summed E-state index contributed by atoms with van der Waals surface area (Å²) in [6.07, 6.45) is -0.0627. The van der Waals surface area contributed by atoms with Crippen molar-refractivity contribution < 1.29 is 9.53 Å². The van der Waals surface area contributed by atoms with E-state index in [1.165, 1.54) is 0 Å². The number of hydrogen-bond acceptors (Lipinski definition) is 3. The lowest BCUT2D eigenvalue weighted by Gasteiger charge is -2.03. The summed E-state index contributed by atoms with van der Waals surface area (Å²) in [4.78, 5) is 15.2. The van der Waals surface area contributed by atoms with Gasteiger partial charge in [0.1, 0.15) is 12.3 Å². The van der Waals surface area contributed by atoms with Gasteiger partial charge in [-0.1, -0.05) is 23.2 Å². The fraction of sp³-hybridized carbons (Fsp3) is 0.273. The van der Waals surface area contributed by atoms with Crippen LogP contribution in [-0.2, 0) is 9.53 Å². The molecule has 0 aliphatic heterocycles. The molecule has 0 spiro atoms. The molecule has 1 aromatic rings. The molecule has 0 amide bonds. The maximum atomic E-state index is 11.1. The summed E-state index contributed by atoms with van der Waals surface area (Å²) in [6.45, 7) is 2.04. The molecule has 0 aliphatic rings. The second-order valence-corrected chi connectivity index (χ2v) is 4.02. The molecule has 0 aliphatic carbocycles. The number of carbonyl (C=O) groups excluding carboxylic acids is 1. The van der Waals surface area contributed by atoms with Gasteiger partial charge in [0.2, 0.25) is 0 Å². The second kappa shape index (κ2) is 8.19. The molecule has 0 fully saturated rings. The van der Waals surface area contributed by atoms with Crippen LogP contribution in [0.15, 0.2) is 23.2 Å². The van der Waals surface area contributed by atoms with Crippen molar-refractivity contribution in [2.45, 2.75) is 13.3 Å². The molecule has 18 heavy (non-hydrogen) atoms. The van der Waals surface area contributed by atoms with Crippen LogP contribution >= 0.6 is 35.6 Å². The van der Waals surface area contributed by atoms with E-state index in [9.17, 15) is 4.79 Å². The molecule has 0 atom stereocenters. The van der Waals surface area contributed by atoms with Crippen molar-refractivity contribution >= 4 is 53.1 Å². The van der Waals surface area contributed by atoms with Gasteiger partial charge in [-0.2, -0.15) is 0 Å². The van der Waals surface area contributed by atoms with Crippen LogP contribution in [0.25, 0.3) is 0 Å². The van der Waals surface area contributed by atoms with Gasteiger partial charge in [0.05, 0.1) is 17.3 Å². The molecule has 0 saturated carbocycles. The predicted molar refractivity (Wildman–Crippen MR) is 76.2 cm³/mol. The fourth-order valence-electron chi connectivity index (χ4n) is 1.13. The minimum absolute atomic E-state index is 0. The Morgan fingerprint density at radius 3 is 2.67 bits per heavy atom. The highest BCUT2D eigenvalue weighted by Gasteiger charge is 2.06. The minimum Gasteiger partial charge on any atom is -0.466 e. The molecule has 0 aromatic heterocycles. The number of amidine groups is 1. The number of rotatable bonds is 4. The Morgan fingerprint density at radius 1 is 1.44 bits per heavy atom. The fourth-order valence-corrected chi connectivity index (χ4v) is 1.58. The maximum Gasteiger partial charge on any atom is 0.313 e. The Morgan fingerprint density at radius 2 is 2.11 bits per heavy atom. The van der Waals surface area contributed by atoms with Gasteiger partial charge in [0.25, 0.3) is 0 Å². The third-order valence-electron chi connectivity index (χ3n) is 1.80. The van der Waals surface area contributed by atoms with E-state index < -0.39 is 5.97 Å². The molecular formula is C11H13Cl3N2O2. The molecule has 0 bridgehead atoms. The van der Waals surface area contributed by atoms with Crippen molar-refractivity contribution in [1.82, 2.24) is 0 Å². The van der Waals surface area contributed by atoms with Crippen molar-refractivity contribution in [3.8, 4) is 0 Å². The van der Waals surface area contributed by atoms with Crippen LogP contribution in [0.4, 0.5) is 5.69 Å². The number of esters is 1. The van der Waals surface area contributed by atoms with Gasteiger partial charge < -0.3 is 10.5 Å². The van der Waals surface area contributed by atoms with Gasteiger partial charge in [-0.05, 0) is 25.1 Å². The van der Waals surface area contributed by atoms with E-state index in [0.717, 1.165) is 0 Å². The first-order valence-corrected chi connectivity index (χ1v) is 5.72. The quantitative estimate of drug-likeness (QED) is 0.527. The summed E-state index contributed by atoms with van der Waals surface area (Å²) in [5.74, 6) is -0.272. The summed E-state index contributed by atoms with van der Waals surface area (Å²) >= 11 is 11.6. The topological polar surface area (TPSA) is 64.7 Å². The van der Waals surface area contributed by atoms with E-state index in [4.69, 9.17) is 33.7 Å². The minimum atomic E-state index is -0.418. The van der Waals surface area contributed by atoms with Crippen molar-refractivity contribution in [3.63, 3.8) is 0 Å². The van der Waals surface area contributed by atoms with Crippen molar-refractivity contribution in [3.05, 3.63) is 28.2 Å². The molecule has 7 heteroatoms. The number of nitrogens with two attached hydrogens (primary N) is 1. The van der Waals surface area contributed by atoms with Gasteiger partial charge in [-0.15, -0.1) is 12.4 Å². The highest BCUT2D eigenvalue weighted by atomic mass is 35.5. The monoisotopic (exact) mass is 310 g/mol. The number of halogens is 3. The van der Waals surface area contributed by atoms with Crippen LogP contribution in [0, 0.1) is 0 Å². The Balaban J connectivity index is 0.00000289. The Labute approximate surface area is 122 Å². The van der Waals surface area contributed by atoms with E-state index in [1.54, 1.807) is 25.1 Å². The summed E-state index contributed by atoms with van der Waals surface area (Å²) in [6, 6.07) is 4.83. The number of benzene rings is 1. The van der Waals surface area contributed by atoms with E-state index >= 15 is 0 Å². The standard InChI is InChI=1S/C11H12Cl2N2O2.ClH/c1-2-17-11(16)6-10(14)15-9-4-3-7(12)5-8(9)13;/h3-5H,2,6H2,1H3,(H2,14,15);1H. The van der Waals surface area contributed by atoms with Crippen LogP contribution in [-0.4, -0.2) is 18.4 Å². The molecule has 4 nitrogen and oxygen atoms in total. The lowest BCUT2D eigenvalue weighted by atomic mass is 10.3. The van der Waals surface area contributed by atoms with E-state index in [-0.39, 0.29) is 24.7 Å². The van der Waals surface area contributed by atoms with Crippen molar-refractivity contribution in [2.24, 2.45) is 10.7 Å². The second-order valence-electron chi connectivity index (χ2n) is 3.18. The summed E-state index contributed by atoms with van der Waals surface area (Å²) in [5.41, 5.74) is 6.07. The number of carbonyl (C=O) groups is 1. The van der Waals surface area contributed by atoms with Crippen LogP contribution in [0.2, 0.25) is 10.0 Å². The third-order valence-corrected chi connectivity index (χ3v) is 2.34. The molecule has 0 radical (unpaired) electrons. The van der Waals surface area contributed by atoms with Crippen LogP contribution < -0.4 is 5.73 Å². The Hall–Kier alpha value is -0.970. The zero-order chi connectivity index (χ0) is 12.8. The SMILES string of the molecule is CCOC(=O)CC(N)=Nc1ccc(Cl)cc1Cl.Cl. The van der Waals surface area contributed by atoms with Gasteiger partial charge in [-0.25, -0.2) is 4.99 Å². The first-order valence-electron chi connectivity index (χ1n) is 4.96. The van der Waals surface area contributed by atoms with Gasteiger partial charge >= 0.3 is 5.97 Å². The van der Waals surface area contributed by atoms with Gasteiger partial charge in [0.15, 0.2) is 0 Å². The summed E-state index contributed by atoms with van der Waals surface area (Å²) in [7, 11) is 0.